The van der Waals surface area contributed by atoms with Crippen LogP contribution >= 0.6 is 0 Å². The molecule has 0 saturated heterocycles. The summed E-state index contributed by atoms with van der Waals surface area (Å²) in [5.41, 5.74) is -2.07. The molecule has 7 heteroatoms. The zero-order valence-electron chi connectivity index (χ0n) is 14.9. The number of hydrogen-bond acceptors (Lipinski definition) is 2. The van der Waals surface area contributed by atoms with E-state index < -0.39 is 35.9 Å². The highest BCUT2D eigenvalue weighted by Crippen LogP contribution is 2.43. The minimum Gasteiger partial charge on any atom is -0.380 e. The van der Waals surface area contributed by atoms with Crippen molar-refractivity contribution < 1.29 is 22.7 Å². The van der Waals surface area contributed by atoms with Crippen LogP contribution in [0, 0.1) is 5.82 Å². The van der Waals surface area contributed by atoms with Gasteiger partial charge >= 0.3 is 6.18 Å². The lowest BCUT2D eigenvalue weighted by molar-refractivity contribution is -0.266. The van der Waals surface area contributed by atoms with E-state index in [1.54, 1.807) is 32.2 Å². The van der Waals surface area contributed by atoms with E-state index in [2.05, 4.69) is 9.97 Å². The number of hydrogen-bond donors (Lipinski definition) is 2. The van der Waals surface area contributed by atoms with Crippen molar-refractivity contribution in [3.63, 3.8) is 0 Å². The molecular weight excluding hydrogens is 360 g/mol. The van der Waals surface area contributed by atoms with Gasteiger partial charge in [0.2, 0.25) is 0 Å². The van der Waals surface area contributed by atoms with Crippen molar-refractivity contribution in [2.45, 2.75) is 43.9 Å². The predicted molar refractivity (Wildman–Crippen MR) is 94.8 cm³/mol. The number of nitrogens with one attached hydrogen (secondary N) is 1. The van der Waals surface area contributed by atoms with Gasteiger partial charge in [-0.3, -0.25) is 4.98 Å². The Bertz CT molecular complexity index is 898. The number of aliphatic hydroxyl groups is 1. The average molecular weight is 380 g/mol. The second-order valence-corrected chi connectivity index (χ2v) is 7.50. The second kappa shape index (κ2) is 6.64. The lowest BCUT2D eigenvalue weighted by atomic mass is 9.73. The molecule has 3 nitrogen and oxygen atoms in total. The fourth-order valence-corrected chi connectivity index (χ4v) is 3.42. The topological polar surface area (TPSA) is 48.9 Å². The van der Waals surface area contributed by atoms with Crippen molar-refractivity contribution >= 4 is 11.0 Å². The number of pyridine rings is 1. The van der Waals surface area contributed by atoms with Gasteiger partial charge in [-0.1, -0.05) is 26.0 Å². The molecule has 2 aromatic heterocycles. The van der Waals surface area contributed by atoms with Gasteiger partial charge in [-0.15, -0.1) is 0 Å². The van der Waals surface area contributed by atoms with Gasteiger partial charge in [0.1, 0.15) is 5.82 Å². The molecule has 1 atom stereocenters. The highest BCUT2D eigenvalue weighted by atomic mass is 19.4. The molecule has 0 aliphatic carbocycles. The van der Waals surface area contributed by atoms with Crippen LogP contribution < -0.4 is 0 Å². The summed E-state index contributed by atoms with van der Waals surface area (Å²) in [5.74, 6) is -0.466. The van der Waals surface area contributed by atoms with E-state index >= 15 is 0 Å². The second-order valence-electron chi connectivity index (χ2n) is 7.50. The molecule has 0 spiro atoms. The Balaban J connectivity index is 1.93. The Kier molecular flexibility index (Phi) is 4.76. The van der Waals surface area contributed by atoms with Crippen molar-refractivity contribution in [2.75, 3.05) is 0 Å². The summed E-state index contributed by atoms with van der Waals surface area (Å²) < 4.78 is 54.6. The maximum Gasteiger partial charge on any atom is 0.417 e. The number of aromatic nitrogens is 2. The number of rotatable bonds is 5. The van der Waals surface area contributed by atoms with Gasteiger partial charge in [-0.05, 0) is 47.7 Å². The molecule has 2 N–H and O–H groups in total. The van der Waals surface area contributed by atoms with E-state index in [0.29, 0.717) is 16.6 Å². The van der Waals surface area contributed by atoms with E-state index in [4.69, 9.17) is 0 Å². The zero-order chi connectivity index (χ0) is 19.9. The quantitative estimate of drug-likeness (QED) is 0.618. The number of alkyl halides is 3. The molecule has 0 radical (unpaired) electrons. The van der Waals surface area contributed by atoms with E-state index in [1.165, 1.54) is 30.3 Å². The molecule has 0 aliphatic heterocycles. The first kappa shape index (κ1) is 19.4. The van der Waals surface area contributed by atoms with Crippen LogP contribution in [-0.2, 0) is 11.8 Å². The summed E-state index contributed by atoms with van der Waals surface area (Å²) >= 11 is 0. The fraction of sp³-hybridized carbons (Fsp3) is 0.350. The molecule has 0 fully saturated rings. The van der Waals surface area contributed by atoms with Gasteiger partial charge in [0.15, 0.2) is 5.60 Å². The summed E-state index contributed by atoms with van der Waals surface area (Å²) in [6, 6.07) is 10.2. The number of H-pyrrole nitrogens is 1. The molecule has 0 amide bonds. The average Bonchev–Trinajstić information content (AvgIpc) is 2.95. The predicted octanol–water partition coefficient (Wildman–Crippen LogP) is 4.91. The van der Waals surface area contributed by atoms with Gasteiger partial charge < -0.3 is 10.1 Å². The largest absolute Gasteiger partial charge is 0.417 e. The van der Waals surface area contributed by atoms with Crippen molar-refractivity contribution in [3.8, 4) is 0 Å². The first-order chi connectivity index (χ1) is 12.5. The molecule has 0 bridgehead atoms. The van der Waals surface area contributed by atoms with E-state index in [-0.39, 0.29) is 5.69 Å². The summed E-state index contributed by atoms with van der Waals surface area (Å²) in [4.78, 5) is 6.98. The van der Waals surface area contributed by atoms with Crippen LogP contribution in [0.15, 0.2) is 48.7 Å². The molecular formula is C20H20F4N2O. The van der Waals surface area contributed by atoms with E-state index in [0.717, 1.165) is 0 Å². The van der Waals surface area contributed by atoms with E-state index in [9.17, 15) is 22.7 Å². The number of aromatic amines is 1. The Hall–Kier alpha value is -2.41. The van der Waals surface area contributed by atoms with Crippen molar-refractivity contribution in [1.29, 1.82) is 0 Å². The number of benzene rings is 1. The SMILES string of the molecule is CC(C)(CC(O)(Cc1cc2ncccc2[nH]1)C(F)(F)F)c1ccc(F)cc1. The lowest BCUT2D eigenvalue weighted by Gasteiger charge is -2.37. The summed E-state index contributed by atoms with van der Waals surface area (Å²) in [6.07, 6.45) is -4.49. The highest BCUT2D eigenvalue weighted by molar-refractivity contribution is 5.75. The molecule has 1 unspecified atom stereocenters. The van der Waals surface area contributed by atoms with Crippen molar-refractivity contribution in [3.05, 3.63) is 65.7 Å². The van der Waals surface area contributed by atoms with Gasteiger partial charge in [0.25, 0.3) is 0 Å². The van der Waals surface area contributed by atoms with E-state index in [1.807, 2.05) is 0 Å². The Morgan fingerprint density at radius 1 is 1.07 bits per heavy atom. The molecule has 0 aliphatic rings. The normalized spacial score (nSPS) is 15.1. The minimum atomic E-state index is -4.84. The smallest absolute Gasteiger partial charge is 0.380 e. The van der Waals surface area contributed by atoms with Crippen molar-refractivity contribution in [1.82, 2.24) is 9.97 Å². The first-order valence-electron chi connectivity index (χ1n) is 8.48. The van der Waals surface area contributed by atoms with Gasteiger partial charge in [0.05, 0.1) is 11.0 Å². The fourth-order valence-electron chi connectivity index (χ4n) is 3.42. The summed E-state index contributed by atoms with van der Waals surface area (Å²) in [5, 5.41) is 10.6. The van der Waals surface area contributed by atoms with Crippen LogP contribution in [0.4, 0.5) is 17.6 Å². The third kappa shape index (κ3) is 3.98. The Labute approximate surface area is 154 Å². The van der Waals surface area contributed by atoms with Gasteiger partial charge in [-0.2, -0.15) is 13.2 Å². The molecule has 2 heterocycles. The van der Waals surface area contributed by atoms with Crippen LogP contribution in [0.25, 0.3) is 11.0 Å². The Morgan fingerprint density at radius 3 is 2.33 bits per heavy atom. The number of halogens is 4. The molecule has 144 valence electrons. The molecule has 0 saturated carbocycles. The first-order valence-corrected chi connectivity index (χ1v) is 8.48. The van der Waals surface area contributed by atoms with Crippen LogP contribution in [0.5, 0.6) is 0 Å². The summed E-state index contributed by atoms with van der Waals surface area (Å²) in [6.45, 7) is 3.20. The number of fused-ring (bicyclic) bond motifs is 1. The Morgan fingerprint density at radius 2 is 1.74 bits per heavy atom. The highest BCUT2D eigenvalue weighted by Gasteiger charge is 2.56. The molecule has 1 aromatic carbocycles. The molecule has 27 heavy (non-hydrogen) atoms. The molecule has 3 rings (SSSR count). The van der Waals surface area contributed by atoms with Crippen LogP contribution in [-0.4, -0.2) is 26.9 Å². The van der Waals surface area contributed by atoms with Crippen LogP contribution in [0.3, 0.4) is 0 Å². The molecule has 3 aromatic rings. The third-order valence-electron chi connectivity index (χ3n) is 4.82. The van der Waals surface area contributed by atoms with Gasteiger partial charge in [-0.25, -0.2) is 4.39 Å². The van der Waals surface area contributed by atoms with Crippen LogP contribution in [0.2, 0.25) is 0 Å². The lowest BCUT2D eigenvalue weighted by Crippen LogP contribution is -2.50. The van der Waals surface area contributed by atoms with Crippen LogP contribution in [0.1, 0.15) is 31.5 Å². The zero-order valence-corrected chi connectivity index (χ0v) is 14.9. The third-order valence-corrected chi connectivity index (χ3v) is 4.82. The monoisotopic (exact) mass is 380 g/mol. The standard InChI is InChI=1S/C20H20F4N2O/c1-18(2,13-5-7-14(21)8-6-13)12-19(27,20(22,23)24)11-15-10-17-16(26-15)4-3-9-25-17/h3-10,26-27H,11-12H2,1-2H3. The maximum atomic E-state index is 13.8. The number of nitrogens with zero attached hydrogens (tertiary/aromatic N) is 1. The maximum absolute atomic E-state index is 13.8. The minimum absolute atomic E-state index is 0.249. The van der Waals surface area contributed by atoms with Crippen molar-refractivity contribution in [2.24, 2.45) is 0 Å². The van der Waals surface area contributed by atoms with Gasteiger partial charge in [0, 0.05) is 18.3 Å². The summed E-state index contributed by atoms with van der Waals surface area (Å²) in [7, 11) is 0.